The summed E-state index contributed by atoms with van der Waals surface area (Å²) in [6.07, 6.45) is 2.26. The van der Waals surface area contributed by atoms with Crippen LogP contribution in [-0.4, -0.2) is 43.0 Å². The monoisotopic (exact) mass is 287 g/mol. The number of rotatable bonds is 6. The van der Waals surface area contributed by atoms with Crippen LogP contribution in [0.15, 0.2) is 43.0 Å². The van der Waals surface area contributed by atoms with Gasteiger partial charge in [0.05, 0.1) is 0 Å². The van der Waals surface area contributed by atoms with Crippen LogP contribution in [-0.2, 0) is 4.79 Å². The lowest BCUT2D eigenvalue weighted by atomic mass is 10.0. The van der Waals surface area contributed by atoms with Crippen LogP contribution in [0, 0.1) is 0 Å². The van der Waals surface area contributed by atoms with Gasteiger partial charge in [0.25, 0.3) is 0 Å². The molecule has 2 unspecified atom stereocenters. The summed E-state index contributed by atoms with van der Waals surface area (Å²) in [5.41, 5.74) is 1.33. The van der Waals surface area contributed by atoms with Crippen LogP contribution < -0.4 is 10.6 Å². The van der Waals surface area contributed by atoms with Gasteiger partial charge in [0.2, 0.25) is 5.91 Å². The number of nitrogens with zero attached hydrogens (tertiary/aromatic N) is 1. The highest BCUT2D eigenvalue weighted by atomic mass is 16.1. The fraction of sp³-hybridized carbons (Fsp3) is 0.471. The number of carbonyl (C=O) groups excluding carboxylic acids is 1. The summed E-state index contributed by atoms with van der Waals surface area (Å²) in [5, 5.41) is 6.48. The SMILES string of the molecule is C=CC(=O)NC(CC)CN1CCNCC1c1ccccc1. The molecule has 0 aliphatic carbocycles. The third kappa shape index (κ3) is 4.41. The van der Waals surface area contributed by atoms with E-state index < -0.39 is 0 Å². The molecular formula is C17H25N3O. The summed E-state index contributed by atoms with van der Waals surface area (Å²) in [4.78, 5) is 14.0. The van der Waals surface area contributed by atoms with Crippen molar-refractivity contribution in [3.05, 3.63) is 48.6 Å². The minimum Gasteiger partial charge on any atom is -0.349 e. The molecule has 2 rings (SSSR count). The Morgan fingerprint density at radius 3 is 2.95 bits per heavy atom. The van der Waals surface area contributed by atoms with Crippen molar-refractivity contribution in [2.75, 3.05) is 26.2 Å². The molecular weight excluding hydrogens is 262 g/mol. The Morgan fingerprint density at radius 1 is 1.52 bits per heavy atom. The summed E-state index contributed by atoms with van der Waals surface area (Å²) < 4.78 is 0. The van der Waals surface area contributed by atoms with Crippen LogP contribution in [0.25, 0.3) is 0 Å². The van der Waals surface area contributed by atoms with Gasteiger partial charge in [0.15, 0.2) is 0 Å². The van der Waals surface area contributed by atoms with Gasteiger partial charge in [-0.3, -0.25) is 9.69 Å². The zero-order chi connectivity index (χ0) is 15.1. The molecule has 2 atom stereocenters. The number of hydrogen-bond donors (Lipinski definition) is 2. The normalized spacial score (nSPS) is 20.7. The van der Waals surface area contributed by atoms with E-state index in [4.69, 9.17) is 0 Å². The standard InChI is InChI=1S/C17H25N3O/c1-3-15(19-17(21)4-2)13-20-11-10-18-12-16(20)14-8-6-5-7-9-14/h4-9,15-16,18H,2-3,10-13H2,1H3,(H,19,21). The van der Waals surface area contributed by atoms with Crippen molar-refractivity contribution in [2.45, 2.75) is 25.4 Å². The highest BCUT2D eigenvalue weighted by molar-refractivity contribution is 5.87. The first-order chi connectivity index (χ1) is 10.2. The van der Waals surface area contributed by atoms with Gasteiger partial charge in [0, 0.05) is 38.3 Å². The minimum absolute atomic E-state index is 0.0896. The average molecular weight is 287 g/mol. The summed E-state index contributed by atoms with van der Waals surface area (Å²) in [6.45, 7) is 9.45. The topological polar surface area (TPSA) is 44.4 Å². The Bertz CT molecular complexity index is 460. The van der Waals surface area contributed by atoms with Crippen molar-refractivity contribution >= 4 is 5.91 Å². The fourth-order valence-corrected chi connectivity index (χ4v) is 2.79. The predicted molar refractivity (Wildman–Crippen MR) is 86.0 cm³/mol. The van der Waals surface area contributed by atoms with Gasteiger partial charge in [-0.1, -0.05) is 43.8 Å². The van der Waals surface area contributed by atoms with E-state index in [9.17, 15) is 4.79 Å². The number of benzene rings is 1. The molecule has 4 nitrogen and oxygen atoms in total. The third-order valence-corrected chi connectivity index (χ3v) is 4.02. The molecule has 1 fully saturated rings. The number of hydrogen-bond acceptors (Lipinski definition) is 3. The third-order valence-electron chi connectivity index (χ3n) is 4.02. The maximum absolute atomic E-state index is 11.5. The molecule has 0 bridgehead atoms. The van der Waals surface area contributed by atoms with Crippen LogP contribution >= 0.6 is 0 Å². The molecule has 0 spiro atoms. The summed E-state index contributed by atoms with van der Waals surface area (Å²) >= 11 is 0. The maximum Gasteiger partial charge on any atom is 0.243 e. The van der Waals surface area contributed by atoms with Gasteiger partial charge in [-0.25, -0.2) is 0 Å². The van der Waals surface area contributed by atoms with Crippen LogP contribution in [0.4, 0.5) is 0 Å². The molecule has 21 heavy (non-hydrogen) atoms. The van der Waals surface area contributed by atoms with E-state index in [0.29, 0.717) is 6.04 Å². The van der Waals surface area contributed by atoms with Crippen molar-refractivity contribution in [3.63, 3.8) is 0 Å². The first-order valence-corrected chi connectivity index (χ1v) is 7.67. The van der Waals surface area contributed by atoms with Crippen molar-refractivity contribution in [2.24, 2.45) is 0 Å². The molecule has 1 amide bonds. The summed E-state index contributed by atoms with van der Waals surface area (Å²) in [7, 11) is 0. The van der Waals surface area contributed by atoms with Gasteiger partial charge >= 0.3 is 0 Å². The second kappa shape index (κ2) is 7.96. The van der Waals surface area contributed by atoms with E-state index in [1.54, 1.807) is 0 Å². The first kappa shape index (κ1) is 15.7. The van der Waals surface area contributed by atoms with Gasteiger partial charge in [-0.15, -0.1) is 0 Å². The van der Waals surface area contributed by atoms with Crippen molar-refractivity contribution in [1.82, 2.24) is 15.5 Å². The highest BCUT2D eigenvalue weighted by Gasteiger charge is 2.25. The Kier molecular flexibility index (Phi) is 5.96. The van der Waals surface area contributed by atoms with Gasteiger partial charge < -0.3 is 10.6 Å². The molecule has 1 aromatic rings. The lowest BCUT2D eigenvalue weighted by Gasteiger charge is -2.38. The molecule has 1 aromatic carbocycles. The van der Waals surface area contributed by atoms with Crippen LogP contribution in [0.3, 0.4) is 0 Å². The van der Waals surface area contributed by atoms with Crippen molar-refractivity contribution < 1.29 is 4.79 Å². The number of nitrogens with one attached hydrogen (secondary N) is 2. The van der Waals surface area contributed by atoms with Gasteiger partial charge in [-0.2, -0.15) is 0 Å². The van der Waals surface area contributed by atoms with E-state index >= 15 is 0 Å². The summed E-state index contributed by atoms with van der Waals surface area (Å²) in [6, 6.07) is 11.1. The van der Waals surface area contributed by atoms with E-state index in [2.05, 4.69) is 53.3 Å². The maximum atomic E-state index is 11.5. The van der Waals surface area contributed by atoms with Crippen molar-refractivity contribution in [1.29, 1.82) is 0 Å². The van der Waals surface area contributed by atoms with E-state index in [-0.39, 0.29) is 11.9 Å². The zero-order valence-corrected chi connectivity index (χ0v) is 12.7. The molecule has 4 heteroatoms. The smallest absolute Gasteiger partial charge is 0.243 e. The minimum atomic E-state index is -0.0896. The number of carbonyl (C=O) groups is 1. The second-order valence-electron chi connectivity index (χ2n) is 5.44. The Hall–Kier alpha value is -1.65. The largest absolute Gasteiger partial charge is 0.349 e. The quantitative estimate of drug-likeness (QED) is 0.783. The average Bonchev–Trinajstić information content (AvgIpc) is 2.55. The molecule has 0 radical (unpaired) electrons. The molecule has 0 aromatic heterocycles. The molecule has 1 aliphatic rings. The van der Waals surface area contributed by atoms with Gasteiger partial charge in [-0.05, 0) is 18.1 Å². The molecule has 0 saturated carbocycles. The second-order valence-corrected chi connectivity index (χ2v) is 5.44. The lowest BCUT2D eigenvalue weighted by Crippen LogP contribution is -2.51. The molecule has 1 saturated heterocycles. The Morgan fingerprint density at radius 2 is 2.29 bits per heavy atom. The van der Waals surface area contributed by atoms with Gasteiger partial charge in [0.1, 0.15) is 0 Å². The number of piperazine rings is 1. The zero-order valence-electron chi connectivity index (χ0n) is 12.7. The molecule has 114 valence electrons. The highest BCUT2D eigenvalue weighted by Crippen LogP contribution is 2.22. The van der Waals surface area contributed by atoms with Crippen LogP contribution in [0.2, 0.25) is 0 Å². The van der Waals surface area contributed by atoms with Crippen LogP contribution in [0.1, 0.15) is 24.9 Å². The van der Waals surface area contributed by atoms with E-state index in [1.165, 1.54) is 11.6 Å². The number of amides is 1. The Labute approximate surface area is 127 Å². The molecule has 1 heterocycles. The van der Waals surface area contributed by atoms with E-state index in [1.807, 2.05) is 6.07 Å². The molecule has 1 aliphatic heterocycles. The fourth-order valence-electron chi connectivity index (χ4n) is 2.79. The predicted octanol–water partition coefficient (Wildman–Crippen LogP) is 1.71. The Balaban J connectivity index is 2.04. The molecule has 2 N–H and O–H groups in total. The first-order valence-electron chi connectivity index (χ1n) is 7.67. The summed E-state index contributed by atoms with van der Waals surface area (Å²) in [5.74, 6) is -0.0896. The van der Waals surface area contributed by atoms with E-state index in [0.717, 1.165) is 32.6 Å². The van der Waals surface area contributed by atoms with Crippen LogP contribution in [0.5, 0.6) is 0 Å². The van der Waals surface area contributed by atoms with Crippen molar-refractivity contribution in [3.8, 4) is 0 Å². The lowest BCUT2D eigenvalue weighted by molar-refractivity contribution is -0.117.